The highest BCUT2D eigenvalue weighted by atomic mass is 32.1. The van der Waals surface area contributed by atoms with Crippen LogP contribution in [0.3, 0.4) is 0 Å². The van der Waals surface area contributed by atoms with Crippen LogP contribution in [0.25, 0.3) is 16.1 Å². The highest BCUT2D eigenvalue weighted by Gasteiger charge is 2.13. The lowest BCUT2D eigenvalue weighted by Gasteiger charge is -2.12. The van der Waals surface area contributed by atoms with Crippen molar-refractivity contribution in [3.63, 3.8) is 0 Å². The first-order valence-corrected chi connectivity index (χ1v) is 8.25. The van der Waals surface area contributed by atoms with Gasteiger partial charge in [0.1, 0.15) is 5.01 Å². The van der Waals surface area contributed by atoms with E-state index in [1.54, 1.807) is 6.92 Å². The number of hydrogen-bond donors (Lipinski definition) is 0. The number of hydrogen-bond acceptors (Lipinski definition) is 3. The molecule has 0 N–H and O–H groups in total. The van der Waals surface area contributed by atoms with E-state index in [2.05, 4.69) is 35.3 Å². The molecule has 3 rings (SSSR count). The first-order valence-electron chi connectivity index (χ1n) is 7.43. The lowest BCUT2D eigenvalue weighted by molar-refractivity contribution is 0.102. The van der Waals surface area contributed by atoms with Crippen molar-refractivity contribution in [2.24, 2.45) is 0 Å². The number of carbonyl (C=O) groups is 1. The molecule has 2 aromatic rings. The maximum atomic E-state index is 11.5. The molecule has 0 spiro atoms. The minimum Gasteiger partial charge on any atom is -0.294 e. The summed E-state index contributed by atoms with van der Waals surface area (Å²) >= 11 is 1.49. The molecule has 0 fully saturated rings. The van der Waals surface area contributed by atoms with Crippen LogP contribution in [-0.2, 0) is 0 Å². The molecule has 21 heavy (non-hydrogen) atoms. The molecule has 0 saturated heterocycles. The summed E-state index contributed by atoms with van der Waals surface area (Å²) in [5.41, 5.74) is 4.71. The van der Waals surface area contributed by atoms with E-state index in [-0.39, 0.29) is 5.78 Å². The van der Waals surface area contributed by atoms with Gasteiger partial charge in [0.05, 0.1) is 10.6 Å². The molecule has 0 bridgehead atoms. The monoisotopic (exact) mass is 297 g/mol. The summed E-state index contributed by atoms with van der Waals surface area (Å²) in [6.07, 6.45) is 7.35. The Hall–Kier alpha value is -1.74. The number of thiazole rings is 1. The van der Waals surface area contributed by atoms with Gasteiger partial charge >= 0.3 is 0 Å². The summed E-state index contributed by atoms with van der Waals surface area (Å²) in [7, 11) is 0. The van der Waals surface area contributed by atoms with E-state index in [0.29, 0.717) is 0 Å². The van der Waals surface area contributed by atoms with Gasteiger partial charge in [-0.2, -0.15) is 0 Å². The zero-order chi connectivity index (χ0) is 14.8. The standard InChI is InChI=1S/C18H19NOS/c1-12-17(13(2)20)21-18(19-12)16-10-8-15(9-11-16)14-6-4-3-5-7-14/h6,8-11H,3-5,7H2,1-2H3. The molecule has 0 radical (unpaired) electrons. The van der Waals surface area contributed by atoms with Gasteiger partial charge < -0.3 is 0 Å². The largest absolute Gasteiger partial charge is 0.294 e. The second-order valence-corrected chi connectivity index (χ2v) is 6.54. The lowest BCUT2D eigenvalue weighted by Crippen LogP contribution is -1.91. The fourth-order valence-electron chi connectivity index (χ4n) is 2.77. The Labute approximate surface area is 129 Å². The van der Waals surface area contributed by atoms with Crippen molar-refractivity contribution in [1.82, 2.24) is 4.98 Å². The van der Waals surface area contributed by atoms with Crippen molar-refractivity contribution in [3.8, 4) is 10.6 Å². The van der Waals surface area contributed by atoms with Crippen LogP contribution < -0.4 is 0 Å². The predicted octanol–water partition coefficient (Wildman–Crippen LogP) is 5.28. The van der Waals surface area contributed by atoms with Gasteiger partial charge in [-0.25, -0.2) is 4.98 Å². The van der Waals surface area contributed by atoms with Crippen molar-refractivity contribution < 1.29 is 4.79 Å². The van der Waals surface area contributed by atoms with Crippen molar-refractivity contribution in [2.45, 2.75) is 39.5 Å². The van der Waals surface area contributed by atoms with Crippen LogP contribution in [0.1, 0.15) is 53.5 Å². The third-order valence-corrected chi connectivity index (χ3v) is 5.22. The van der Waals surface area contributed by atoms with Crippen LogP contribution in [0.2, 0.25) is 0 Å². The molecular formula is C18H19NOS. The molecule has 0 amide bonds. The maximum Gasteiger partial charge on any atom is 0.171 e. The second kappa shape index (κ2) is 5.94. The number of rotatable bonds is 3. The van der Waals surface area contributed by atoms with Crippen molar-refractivity contribution in [1.29, 1.82) is 0 Å². The first kappa shape index (κ1) is 14.2. The molecule has 1 aromatic heterocycles. The van der Waals surface area contributed by atoms with E-state index in [1.165, 1.54) is 48.2 Å². The SMILES string of the molecule is CC(=O)c1sc(-c2ccc(C3=CCCCC3)cc2)nc1C. The van der Waals surface area contributed by atoms with Gasteiger partial charge in [-0.3, -0.25) is 4.79 Å². The molecule has 1 aliphatic carbocycles. The third-order valence-electron chi connectivity index (χ3n) is 3.91. The van der Waals surface area contributed by atoms with E-state index < -0.39 is 0 Å². The fraction of sp³-hybridized carbons (Fsp3) is 0.333. The minimum atomic E-state index is 0.0974. The Kier molecular flexibility index (Phi) is 4.02. The van der Waals surface area contributed by atoms with Crippen LogP contribution in [0, 0.1) is 6.92 Å². The van der Waals surface area contributed by atoms with Crippen LogP contribution >= 0.6 is 11.3 Å². The molecule has 2 nitrogen and oxygen atoms in total. The molecule has 3 heteroatoms. The minimum absolute atomic E-state index is 0.0974. The fourth-order valence-corrected chi connectivity index (χ4v) is 3.74. The Morgan fingerprint density at radius 3 is 2.43 bits per heavy atom. The van der Waals surface area contributed by atoms with E-state index in [1.807, 2.05) is 6.92 Å². The predicted molar refractivity (Wildman–Crippen MR) is 88.7 cm³/mol. The molecular weight excluding hydrogens is 278 g/mol. The van der Waals surface area contributed by atoms with E-state index in [4.69, 9.17) is 0 Å². The Morgan fingerprint density at radius 2 is 1.86 bits per heavy atom. The van der Waals surface area contributed by atoms with Gasteiger partial charge in [-0.1, -0.05) is 30.3 Å². The number of allylic oxidation sites excluding steroid dienone is 2. The van der Waals surface area contributed by atoms with Crippen molar-refractivity contribution in [3.05, 3.63) is 46.5 Å². The van der Waals surface area contributed by atoms with Crippen LogP contribution in [-0.4, -0.2) is 10.8 Å². The molecule has 108 valence electrons. The average Bonchev–Trinajstić information content (AvgIpc) is 2.90. The van der Waals surface area contributed by atoms with Gasteiger partial charge in [0, 0.05) is 12.5 Å². The summed E-state index contributed by atoms with van der Waals surface area (Å²) in [5, 5.41) is 0.932. The topological polar surface area (TPSA) is 30.0 Å². The summed E-state index contributed by atoms with van der Waals surface area (Å²) in [5.74, 6) is 0.0974. The Bertz CT molecular complexity index is 695. The quantitative estimate of drug-likeness (QED) is 0.721. The molecule has 0 unspecified atom stereocenters. The number of carbonyl (C=O) groups excluding carboxylic acids is 1. The summed E-state index contributed by atoms with van der Waals surface area (Å²) in [6.45, 7) is 3.50. The van der Waals surface area contributed by atoms with Gasteiger partial charge in [0.25, 0.3) is 0 Å². The molecule has 0 saturated carbocycles. The van der Waals surface area contributed by atoms with E-state index >= 15 is 0 Å². The number of nitrogens with zero attached hydrogens (tertiary/aromatic N) is 1. The summed E-state index contributed by atoms with van der Waals surface area (Å²) < 4.78 is 0. The molecule has 1 aromatic carbocycles. The number of benzene rings is 1. The Morgan fingerprint density at radius 1 is 1.14 bits per heavy atom. The number of aromatic nitrogens is 1. The normalized spacial score (nSPS) is 14.9. The summed E-state index contributed by atoms with van der Waals surface area (Å²) in [4.78, 5) is 16.8. The van der Waals surface area contributed by atoms with Gasteiger partial charge in [0.2, 0.25) is 0 Å². The molecule has 1 heterocycles. The smallest absolute Gasteiger partial charge is 0.171 e. The number of ketones is 1. The van der Waals surface area contributed by atoms with Gasteiger partial charge in [-0.15, -0.1) is 11.3 Å². The zero-order valence-corrected chi connectivity index (χ0v) is 13.3. The zero-order valence-electron chi connectivity index (χ0n) is 12.5. The highest BCUT2D eigenvalue weighted by molar-refractivity contribution is 7.17. The molecule has 1 aliphatic rings. The van der Waals surface area contributed by atoms with E-state index in [0.717, 1.165) is 21.1 Å². The molecule has 0 aliphatic heterocycles. The first-order chi connectivity index (χ1) is 10.1. The lowest BCUT2D eigenvalue weighted by atomic mass is 9.93. The van der Waals surface area contributed by atoms with Gasteiger partial charge in [0.15, 0.2) is 5.78 Å². The van der Waals surface area contributed by atoms with Crippen molar-refractivity contribution >= 4 is 22.7 Å². The Balaban J connectivity index is 1.88. The second-order valence-electron chi connectivity index (χ2n) is 5.54. The number of Topliss-reactive ketones (excluding diaryl/α,β-unsaturated/α-hetero) is 1. The highest BCUT2D eigenvalue weighted by Crippen LogP contribution is 2.31. The summed E-state index contributed by atoms with van der Waals surface area (Å²) in [6, 6.07) is 8.59. The third kappa shape index (κ3) is 2.98. The number of aryl methyl sites for hydroxylation is 1. The van der Waals surface area contributed by atoms with Crippen LogP contribution in [0.4, 0.5) is 0 Å². The maximum absolute atomic E-state index is 11.5. The molecule has 0 atom stereocenters. The van der Waals surface area contributed by atoms with Crippen molar-refractivity contribution in [2.75, 3.05) is 0 Å². The van der Waals surface area contributed by atoms with Crippen LogP contribution in [0.15, 0.2) is 30.3 Å². The van der Waals surface area contributed by atoms with E-state index in [9.17, 15) is 4.79 Å². The van der Waals surface area contributed by atoms with Gasteiger partial charge in [-0.05, 0) is 43.7 Å². The van der Waals surface area contributed by atoms with Crippen LogP contribution in [0.5, 0.6) is 0 Å². The average molecular weight is 297 g/mol.